The Balaban J connectivity index is 2.08. The first-order chi connectivity index (χ1) is 18.9. The molecular formula is C30H36BrN3O5S. The maximum Gasteiger partial charge on any atom is 0.264 e. The van der Waals surface area contributed by atoms with E-state index >= 15 is 0 Å². The molecule has 0 spiro atoms. The van der Waals surface area contributed by atoms with Gasteiger partial charge in [0.05, 0.1) is 17.2 Å². The summed E-state index contributed by atoms with van der Waals surface area (Å²) in [5.41, 5.74) is 1.94. The first-order valence-electron chi connectivity index (χ1n) is 13.1. The number of halogens is 1. The lowest BCUT2D eigenvalue weighted by Gasteiger charge is -2.32. The minimum atomic E-state index is -4.18. The maximum atomic E-state index is 14.0. The zero-order valence-electron chi connectivity index (χ0n) is 23.4. The molecule has 8 nitrogen and oxygen atoms in total. The van der Waals surface area contributed by atoms with E-state index in [1.165, 1.54) is 17.0 Å². The minimum absolute atomic E-state index is 0.0438. The molecule has 0 saturated carbocycles. The molecule has 0 aliphatic carbocycles. The molecule has 214 valence electrons. The van der Waals surface area contributed by atoms with Crippen molar-refractivity contribution in [2.24, 2.45) is 0 Å². The molecule has 0 heterocycles. The van der Waals surface area contributed by atoms with E-state index in [4.69, 9.17) is 4.74 Å². The molecule has 3 aromatic carbocycles. The van der Waals surface area contributed by atoms with Crippen molar-refractivity contribution in [1.29, 1.82) is 0 Å². The molecule has 3 rings (SSSR count). The Kier molecular flexibility index (Phi) is 10.8. The fraction of sp³-hybridized carbons (Fsp3) is 0.333. The number of amides is 2. The van der Waals surface area contributed by atoms with E-state index in [1.54, 1.807) is 50.2 Å². The van der Waals surface area contributed by atoms with Crippen LogP contribution in [-0.2, 0) is 26.2 Å². The lowest BCUT2D eigenvalue weighted by atomic mass is 10.1. The summed E-state index contributed by atoms with van der Waals surface area (Å²) in [7, 11) is -4.18. The lowest BCUT2D eigenvalue weighted by molar-refractivity contribution is -0.139. The number of aryl methyl sites for hydroxylation is 1. The Hall–Kier alpha value is -3.37. The minimum Gasteiger partial charge on any atom is -0.492 e. The number of nitrogens with zero attached hydrogens (tertiary/aromatic N) is 2. The van der Waals surface area contributed by atoms with Crippen molar-refractivity contribution in [2.75, 3.05) is 17.5 Å². The van der Waals surface area contributed by atoms with Crippen LogP contribution in [0, 0.1) is 6.92 Å². The van der Waals surface area contributed by atoms with Gasteiger partial charge in [-0.1, -0.05) is 57.9 Å². The first-order valence-corrected chi connectivity index (χ1v) is 15.3. The topological polar surface area (TPSA) is 96.0 Å². The van der Waals surface area contributed by atoms with E-state index in [2.05, 4.69) is 21.2 Å². The normalized spacial score (nSPS) is 12.1. The number of sulfonamides is 1. The molecule has 0 aromatic heterocycles. The van der Waals surface area contributed by atoms with E-state index in [9.17, 15) is 18.0 Å². The summed E-state index contributed by atoms with van der Waals surface area (Å²) in [6.45, 7) is 8.88. The van der Waals surface area contributed by atoms with Gasteiger partial charge in [0.25, 0.3) is 10.0 Å². The van der Waals surface area contributed by atoms with Gasteiger partial charge in [0.15, 0.2) is 0 Å². The molecule has 0 bridgehead atoms. The number of para-hydroxylation sites is 2. The van der Waals surface area contributed by atoms with Gasteiger partial charge in [0, 0.05) is 17.1 Å². The zero-order valence-corrected chi connectivity index (χ0v) is 25.8. The number of nitrogens with one attached hydrogen (secondary N) is 1. The molecule has 3 aromatic rings. The van der Waals surface area contributed by atoms with Crippen molar-refractivity contribution in [3.05, 3.63) is 88.4 Å². The standard InChI is InChI=1S/C30H36BrN3O5S/c1-6-39-28-10-8-7-9-27(28)34(40(37,38)26-17-11-22(4)12-18-26)20-29(35)33(23(5)30(36)32-21(2)3)19-24-13-15-25(31)16-14-24/h7-18,21,23H,6,19-20H2,1-5H3,(H,32,36)/t23-/m0/s1. The number of hydrogen-bond acceptors (Lipinski definition) is 5. The van der Waals surface area contributed by atoms with Crippen molar-refractivity contribution >= 4 is 43.5 Å². The molecule has 0 unspecified atom stereocenters. The van der Waals surface area contributed by atoms with E-state index in [0.717, 1.165) is 19.9 Å². The van der Waals surface area contributed by atoms with Gasteiger partial charge in [-0.15, -0.1) is 0 Å². The molecule has 1 atom stereocenters. The second-order valence-corrected chi connectivity index (χ2v) is 12.5. The van der Waals surface area contributed by atoms with Gasteiger partial charge in [-0.2, -0.15) is 0 Å². The smallest absolute Gasteiger partial charge is 0.264 e. The fourth-order valence-corrected chi connectivity index (χ4v) is 5.75. The van der Waals surface area contributed by atoms with Gasteiger partial charge in [-0.25, -0.2) is 8.42 Å². The highest BCUT2D eigenvalue weighted by Gasteiger charge is 2.33. The van der Waals surface area contributed by atoms with Gasteiger partial charge in [0.1, 0.15) is 18.3 Å². The molecule has 40 heavy (non-hydrogen) atoms. The van der Waals surface area contributed by atoms with E-state index < -0.39 is 28.5 Å². The van der Waals surface area contributed by atoms with E-state index in [1.807, 2.05) is 45.0 Å². The number of benzene rings is 3. The third-order valence-electron chi connectivity index (χ3n) is 6.19. The van der Waals surface area contributed by atoms with Crippen LogP contribution in [0.4, 0.5) is 5.69 Å². The summed E-state index contributed by atoms with van der Waals surface area (Å²) < 4.78 is 35.7. The fourth-order valence-electron chi connectivity index (χ4n) is 4.07. The second-order valence-electron chi connectivity index (χ2n) is 9.71. The number of anilines is 1. The molecule has 0 fully saturated rings. The molecule has 2 amide bonds. The summed E-state index contributed by atoms with van der Waals surface area (Å²) in [5.74, 6) is -0.530. The highest BCUT2D eigenvalue weighted by Crippen LogP contribution is 2.33. The number of hydrogen-bond donors (Lipinski definition) is 1. The third kappa shape index (κ3) is 7.85. The molecule has 0 radical (unpaired) electrons. The zero-order chi connectivity index (χ0) is 29.4. The quantitative estimate of drug-likeness (QED) is 0.294. The van der Waals surface area contributed by atoms with Crippen molar-refractivity contribution in [2.45, 2.75) is 58.1 Å². The summed E-state index contributed by atoms with van der Waals surface area (Å²) in [6, 6.07) is 19.6. The van der Waals surface area contributed by atoms with Crippen LogP contribution in [0.15, 0.2) is 82.2 Å². The van der Waals surface area contributed by atoms with Gasteiger partial charge in [-0.05, 0) is 76.6 Å². The van der Waals surface area contributed by atoms with Gasteiger partial charge in [-0.3, -0.25) is 13.9 Å². The monoisotopic (exact) mass is 629 g/mol. The molecule has 0 saturated heterocycles. The highest BCUT2D eigenvalue weighted by molar-refractivity contribution is 9.10. The van der Waals surface area contributed by atoms with Crippen molar-refractivity contribution in [3.63, 3.8) is 0 Å². The van der Waals surface area contributed by atoms with Gasteiger partial charge < -0.3 is 15.0 Å². The highest BCUT2D eigenvalue weighted by atomic mass is 79.9. The van der Waals surface area contributed by atoms with Crippen LogP contribution in [0.5, 0.6) is 5.75 Å². The number of carbonyl (C=O) groups is 2. The average molecular weight is 631 g/mol. The molecule has 1 N–H and O–H groups in total. The van der Waals surface area contributed by atoms with Crippen LogP contribution in [0.25, 0.3) is 0 Å². The Morgan fingerprint density at radius 3 is 2.17 bits per heavy atom. The number of ether oxygens (including phenoxy) is 1. The van der Waals surface area contributed by atoms with Crippen LogP contribution in [0.1, 0.15) is 38.8 Å². The van der Waals surface area contributed by atoms with Crippen molar-refractivity contribution < 1.29 is 22.7 Å². The maximum absolute atomic E-state index is 14.0. The summed E-state index contributed by atoms with van der Waals surface area (Å²) in [4.78, 5) is 28.5. The van der Waals surface area contributed by atoms with Crippen LogP contribution >= 0.6 is 15.9 Å². The Morgan fingerprint density at radius 1 is 0.950 bits per heavy atom. The lowest BCUT2D eigenvalue weighted by Crippen LogP contribution is -2.52. The largest absolute Gasteiger partial charge is 0.492 e. The predicted octanol–water partition coefficient (Wildman–Crippen LogP) is 5.29. The van der Waals surface area contributed by atoms with Gasteiger partial charge >= 0.3 is 0 Å². The van der Waals surface area contributed by atoms with Crippen LogP contribution in [0.2, 0.25) is 0 Å². The molecule has 10 heteroatoms. The Bertz CT molecular complexity index is 1410. The van der Waals surface area contributed by atoms with Crippen LogP contribution in [0.3, 0.4) is 0 Å². The summed E-state index contributed by atoms with van der Waals surface area (Å²) in [6.07, 6.45) is 0. The SMILES string of the molecule is CCOc1ccccc1N(CC(=O)N(Cc1ccc(Br)cc1)[C@@H](C)C(=O)NC(C)C)S(=O)(=O)c1ccc(C)cc1. The Morgan fingerprint density at radius 2 is 1.57 bits per heavy atom. The van der Waals surface area contributed by atoms with Crippen LogP contribution < -0.4 is 14.4 Å². The third-order valence-corrected chi connectivity index (χ3v) is 8.49. The average Bonchev–Trinajstić information content (AvgIpc) is 2.91. The van der Waals surface area contributed by atoms with Gasteiger partial charge in [0.2, 0.25) is 11.8 Å². The predicted molar refractivity (Wildman–Crippen MR) is 161 cm³/mol. The van der Waals surface area contributed by atoms with Crippen LogP contribution in [-0.4, -0.2) is 50.4 Å². The van der Waals surface area contributed by atoms with E-state index in [-0.39, 0.29) is 29.1 Å². The summed E-state index contributed by atoms with van der Waals surface area (Å²) in [5, 5.41) is 2.85. The van der Waals surface area contributed by atoms with E-state index in [0.29, 0.717) is 12.4 Å². The molecule has 0 aliphatic heterocycles. The van der Waals surface area contributed by atoms with Crippen molar-refractivity contribution in [1.82, 2.24) is 10.2 Å². The van der Waals surface area contributed by atoms with Crippen molar-refractivity contribution in [3.8, 4) is 5.75 Å². The molecular weight excluding hydrogens is 594 g/mol. The molecule has 0 aliphatic rings. The number of carbonyl (C=O) groups excluding carboxylic acids is 2. The Labute approximate surface area is 245 Å². The first kappa shape index (κ1) is 31.2. The second kappa shape index (κ2) is 13.8. The number of rotatable bonds is 12. The summed E-state index contributed by atoms with van der Waals surface area (Å²) >= 11 is 3.42.